The van der Waals surface area contributed by atoms with Crippen LogP contribution in [-0.4, -0.2) is 40.8 Å². The van der Waals surface area contributed by atoms with Gasteiger partial charge in [0.05, 0.1) is 6.26 Å². The fraction of sp³-hybridized carbons (Fsp3) is 0.400. The number of rotatable bonds is 3. The Morgan fingerprint density at radius 3 is 2.82 bits per heavy atom. The van der Waals surface area contributed by atoms with Crippen molar-refractivity contribution in [3.05, 3.63) is 29.5 Å². The van der Waals surface area contributed by atoms with E-state index in [1.165, 1.54) is 11.3 Å². The summed E-state index contributed by atoms with van der Waals surface area (Å²) in [6, 6.07) is 3.70. The number of carbonyl (C=O) groups excluding carboxylic acids is 2. The standard InChI is InChI=1S/C15H17N3O3S/c1-10(19)18-6-4-11(5-7-18)16-14(20)12-9-22-15(17-12)13-3-2-8-21-13/h2-3,8-9,11H,4-7H2,1H3,(H,16,20). The van der Waals surface area contributed by atoms with Crippen molar-refractivity contribution in [1.82, 2.24) is 15.2 Å². The molecule has 22 heavy (non-hydrogen) atoms. The van der Waals surface area contributed by atoms with Crippen LogP contribution in [0.2, 0.25) is 0 Å². The Balaban J connectivity index is 1.58. The molecular formula is C15H17N3O3S. The van der Waals surface area contributed by atoms with E-state index in [9.17, 15) is 9.59 Å². The number of piperidine rings is 1. The Hall–Kier alpha value is -2.15. The number of likely N-dealkylation sites (tertiary alicyclic amines) is 1. The third-order valence-electron chi connectivity index (χ3n) is 3.74. The Labute approximate surface area is 132 Å². The monoisotopic (exact) mass is 319 g/mol. The molecule has 2 aromatic rings. The van der Waals surface area contributed by atoms with Gasteiger partial charge in [0, 0.05) is 31.4 Å². The maximum absolute atomic E-state index is 12.2. The molecule has 0 radical (unpaired) electrons. The Bertz CT molecular complexity index is 657. The maximum Gasteiger partial charge on any atom is 0.270 e. The van der Waals surface area contributed by atoms with Gasteiger partial charge in [-0.3, -0.25) is 9.59 Å². The highest BCUT2D eigenvalue weighted by Gasteiger charge is 2.23. The predicted molar refractivity (Wildman–Crippen MR) is 82.6 cm³/mol. The summed E-state index contributed by atoms with van der Waals surface area (Å²) in [6.07, 6.45) is 3.14. The van der Waals surface area contributed by atoms with E-state index in [1.807, 2.05) is 6.07 Å². The molecule has 0 unspecified atom stereocenters. The van der Waals surface area contributed by atoms with Crippen LogP contribution in [0.3, 0.4) is 0 Å². The number of aromatic nitrogens is 1. The second-order valence-electron chi connectivity index (χ2n) is 5.27. The first kappa shape index (κ1) is 14.8. The van der Waals surface area contributed by atoms with Gasteiger partial charge in [0.15, 0.2) is 10.8 Å². The van der Waals surface area contributed by atoms with Crippen molar-refractivity contribution in [3.8, 4) is 10.8 Å². The van der Waals surface area contributed by atoms with Crippen molar-refractivity contribution >= 4 is 23.2 Å². The third-order valence-corrected chi connectivity index (χ3v) is 4.60. The molecule has 1 fully saturated rings. The molecule has 0 saturated carbocycles. The van der Waals surface area contributed by atoms with E-state index in [1.54, 1.807) is 29.5 Å². The molecule has 3 heterocycles. The van der Waals surface area contributed by atoms with Crippen molar-refractivity contribution in [3.63, 3.8) is 0 Å². The van der Waals surface area contributed by atoms with E-state index in [-0.39, 0.29) is 17.9 Å². The van der Waals surface area contributed by atoms with E-state index in [0.29, 0.717) is 29.6 Å². The van der Waals surface area contributed by atoms with Gasteiger partial charge >= 0.3 is 0 Å². The van der Waals surface area contributed by atoms with Crippen LogP contribution in [-0.2, 0) is 4.79 Å². The number of carbonyl (C=O) groups is 2. The number of hydrogen-bond donors (Lipinski definition) is 1. The number of amides is 2. The summed E-state index contributed by atoms with van der Waals surface area (Å²) in [7, 11) is 0. The predicted octanol–water partition coefficient (Wildman–Crippen LogP) is 2.14. The van der Waals surface area contributed by atoms with E-state index in [2.05, 4.69) is 10.3 Å². The average Bonchev–Trinajstić information content (AvgIpc) is 3.19. The van der Waals surface area contributed by atoms with E-state index in [4.69, 9.17) is 4.42 Å². The van der Waals surface area contributed by atoms with Crippen LogP contribution in [0.15, 0.2) is 28.2 Å². The van der Waals surface area contributed by atoms with Gasteiger partial charge in [-0.1, -0.05) is 0 Å². The van der Waals surface area contributed by atoms with Crippen LogP contribution in [0.4, 0.5) is 0 Å². The molecule has 7 heteroatoms. The Morgan fingerprint density at radius 2 is 2.18 bits per heavy atom. The smallest absolute Gasteiger partial charge is 0.270 e. The van der Waals surface area contributed by atoms with Crippen LogP contribution in [0.5, 0.6) is 0 Å². The molecule has 116 valence electrons. The summed E-state index contributed by atoms with van der Waals surface area (Å²) >= 11 is 1.38. The SMILES string of the molecule is CC(=O)N1CCC(NC(=O)c2csc(-c3ccco3)n2)CC1. The fourth-order valence-corrected chi connectivity index (χ4v) is 3.26. The van der Waals surface area contributed by atoms with Gasteiger partial charge in [-0.25, -0.2) is 4.98 Å². The quantitative estimate of drug-likeness (QED) is 0.940. The third kappa shape index (κ3) is 3.19. The van der Waals surface area contributed by atoms with Crippen LogP contribution in [0.1, 0.15) is 30.3 Å². The summed E-state index contributed by atoms with van der Waals surface area (Å²) in [5.74, 6) is 0.585. The van der Waals surface area contributed by atoms with Crippen molar-refractivity contribution in [1.29, 1.82) is 0 Å². The number of hydrogen-bond acceptors (Lipinski definition) is 5. The number of nitrogens with zero attached hydrogens (tertiary/aromatic N) is 2. The molecule has 2 amide bonds. The highest BCUT2D eigenvalue weighted by molar-refractivity contribution is 7.13. The second kappa shape index (κ2) is 6.31. The minimum absolute atomic E-state index is 0.0902. The summed E-state index contributed by atoms with van der Waals surface area (Å²) in [5, 5.41) is 5.42. The van der Waals surface area contributed by atoms with Crippen LogP contribution >= 0.6 is 11.3 Å². The van der Waals surface area contributed by atoms with Crippen molar-refractivity contribution in [2.75, 3.05) is 13.1 Å². The molecule has 0 atom stereocenters. The number of thiazole rings is 1. The zero-order valence-electron chi connectivity index (χ0n) is 12.2. The summed E-state index contributed by atoms with van der Waals surface area (Å²) in [6.45, 7) is 2.95. The lowest BCUT2D eigenvalue weighted by molar-refractivity contribution is -0.129. The van der Waals surface area contributed by atoms with Gasteiger partial charge in [0.25, 0.3) is 5.91 Å². The minimum atomic E-state index is -0.171. The van der Waals surface area contributed by atoms with Gasteiger partial charge in [-0.2, -0.15) is 0 Å². The Morgan fingerprint density at radius 1 is 1.41 bits per heavy atom. The molecule has 1 N–H and O–H groups in total. The first-order valence-electron chi connectivity index (χ1n) is 7.19. The number of furan rings is 1. The van der Waals surface area contributed by atoms with Gasteiger partial charge in [0.1, 0.15) is 5.69 Å². The zero-order chi connectivity index (χ0) is 15.5. The molecule has 1 saturated heterocycles. The highest BCUT2D eigenvalue weighted by atomic mass is 32.1. The lowest BCUT2D eigenvalue weighted by atomic mass is 10.0. The van der Waals surface area contributed by atoms with Crippen molar-refractivity contribution in [2.24, 2.45) is 0 Å². The maximum atomic E-state index is 12.2. The molecule has 0 aromatic carbocycles. The Kier molecular flexibility index (Phi) is 4.24. The van der Waals surface area contributed by atoms with Crippen LogP contribution in [0.25, 0.3) is 10.8 Å². The van der Waals surface area contributed by atoms with Gasteiger partial charge in [-0.05, 0) is 25.0 Å². The normalized spacial score (nSPS) is 15.8. The first-order chi connectivity index (χ1) is 10.6. The highest BCUT2D eigenvalue weighted by Crippen LogP contribution is 2.24. The fourth-order valence-electron chi connectivity index (χ4n) is 2.49. The van der Waals surface area contributed by atoms with Gasteiger partial charge in [0.2, 0.25) is 5.91 Å². The van der Waals surface area contributed by atoms with E-state index in [0.717, 1.165) is 12.8 Å². The zero-order valence-corrected chi connectivity index (χ0v) is 13.1. The van der Waals surface area contributed by atoms with Crippen molar-refractivity contribution in [2.45, 2.75) is 25.8 Å². The van der Waals surface area contributed by atoms with Crippen molar-refractivity contribution < 1.29 is 14.0 Å². The largest absolute Gasteiger partial charge is 0.462 e. The molecular weight excluding hydrogens is 302 g/mol. The average molecular weight is 319 g/mol. The molecule has 1 aliphatic heterocycles. The number of nitrogens with one attached hydrogen (secondary N) is 1. The lowest BCUT2D eigenvalue weighted by Crippen LogP contribution is -2.46. The molecule has 1 aliphatic rings. The first-order valence-corrected chi connectivity index (χ1v) is 8.07. The molecule has 0 spiro atoms. The summed E-state index contributed by atoms with van der Waals surface area (Å²) < 4.78 is 5.28. The van der Waals surface area contributed by atoms with E-state index < -0.39 is 0 Å². The van der Waals surface area contributed by atoms with Gasteiger partial charge in [-0.15, -0.1) is 11.3 Å². The molecule has 0 bridgehead atoms. The molecule has 3 rings (SSSR count). The topological polar surface area (TPSA) is 75.4 Å². The minimum Gasteiger partial charge on any atom is -0.462 e. The van der Waals surface area contributed by atoms with Crippen LogP contribution < -0.4 is 5.32 Å². The van der Waals surface area contributed by atoms with Gasteiger partial charge < -0.3 is 14.6 Å². The second-order valence-corrected chi connectivity index (χ2v) is 6.13. The van der Waals surface area contributed by atoms with E-state index >= 15 is 0 Å². The molecule has 2 aromatic heterocycles. The molecule has 0 aliphatic carbocycles. The summed E-state index contributed by atoms with van der Waals surface area (Å²) in [5.41, 5.74) is 0.408. The lowest BCUT2D eigenvalue weighted by Gasteiger charge is -2.31. The molecule has 6 nitrogen and oxygen atoms in total. The summed E-state index contributed by atoms with van der Waals surface area (Å²) in [4.78, 5) is 29.6. The van der Waals surface area contributed by atoms with Crippen LogP contribution in [0, 0.1) is 0 Å².